The van der Waals surface area contributed by atoms with Crippen molar-refractivity contribution in [2.75, 3.05) is 12.4 Å². The molecule has 0 radical (unpaired) electrons. The van der Waals surface area contributed by atoms with Crippen LogP contribution in [0.2, 0.25) is 0 Å². The van der Waals surface area contributed by atoms with E-state index in [1.165, 1.54) is 6.08 Å². The molecule has 2 atom stereocenters. The second kappa shape index (κ2) is 12.6. The Bertz CT molecular complexity index is 1030. The number of hydrogen-bond donors (Lipinski definition) is 3. The Kier molecular flexibility index (Phi) is 9.23. The summed E-state index contributed by atoms with van der Waals surface area (Å²) in [6.07, 6.45) is 5.06. The first-order valence-electron chi connectivity index (χ1n) is 10.8. The van der Waals surface area contributed by atoms with E-state index >= 15 is 0 Å². The Morgan fingerprint density at radius 1 is 1.06 bits per heavy atom. The van der Waals surface area contributed by atoms with E-state index in [4.69, 9.17) is 10.5 Å². The summed E-state index contributed by atoms with van der Waals surface area (Å²) < 4.78 is 5.13. The van der Waals surface area contributed by atoms with E-state index in [9.17, 15) is 9.59 Å². The van der Waals surface area contributed by atoms with Crippen LogP contribution in [0.3, 0.4) is 0 Å². The molecule has 0 spiro atoms. The number of hydrogen-bond acceptors (Lipinski definition) is 5. The molecule has 0 saturated carbocycles. The highest BCUT2D eigenvalue weighted by atomic mass is 32.1. The van der Waals surface area contributed by atoms with Gasteiger partial charge in [0.2, 0.25) is 11.8 Å². The van der Waals surface area contributed by atoms with Crippen LogP contribution in [0.15, 0.2) is 84.3 Å². The first kappa shape index (κ1) is 24.2. The Hall–Kier alpha value is -3.42. The molecular formula is C26H29N3O3S. The molecule has 0 aliphatic rings. The van der Waals surface area contributed by atoms with E-state index in [0.29, 0.717) is 24.3 Å². The molecule has 0 bridgehead atoms. The van der Waals surface area contributed by atoms with Crippen LogP contribution in [-0.4, -0.2) is 31.0 Å². The van der Waals surface area contributed by atoms with Crippen molar-refractivity contribution in [1.29, 1.82) is 0 Å². The first-order chi connectivity index (χ1) is 16.0. The van der Waals surface area contributed by atoms with Gasteiger partial charge in [-0.15, -0.1) is 11.3 Å². The van der Waals surface area contributed by atoms with E-state index in [-0.39, 0.29) is 17.9 Å². The second-order valence-electron chi connectivity index (χ2n) is 7.61. The molecule has 0 saturated heterocycles. The average molecular weight is 464 g/mol. The van der Waals surface area contributed by atoms with Gasteiger partial charge in [0, 0.05) is 29.1 Å². The average Bonchev–Trinajstić information content (AvgIpc) is 3.35. The minimum absolute atomic E-state index is 0.235. The number of ether oxygens (including phenoxy) is 1. The molecule has 2 aromatic carbocycles. The molecule has 6 nitrogen and oxygen atoms in total. The number of benzene rings is 2. The Morgan fingerprint density at radius 2 is 1.82 bits per heavy atom. The Labute approximate surface area is 198 Å². The molecule has 3 aromatic rings. The van der Waals surface area contributed by atoms with Gasteiger partial charge in [-0.3, -0.25) is 9.59 Å². The topological polar surface area (TPSA) is 93.5 Å². The second-order valence-corrected chi connectivity index (χ2v) is 8.64. The molecule has 1 aromatic heterocycles. The highest BCUT2D eigenvalue weighted by Gasteiger charge is 2.18. The van der Waals surface area contributed by atoms with Crippen LogP contribution in [-0.2, 0) is 22.4 Å². The molecule has 0 unspecified atom stereocenters. The lowest BCUT2D eigenvalue weighted by atomic mass is 10.0. The molecule has 1 heterocycles. The number of carbonyl (C=O) groups is 2. The third kappa shape index (κ3) is 8.21. The summed E-state index contributed by atoms with van der Waals surface area (Å²) in [7, 11) is 1.59. The monoisotopic (exact) mass is 463 g/mol. The first-order valence-corrected chi connectivity index (χ1v) is 11.7. The molecule has 0 aliphatic heterocycles. The van der Waals surface area contributed by atoms with E-state index in [1.807, 2.05) is 47.8 Å². The fourth-order valence-corrected chi connectivity index (χ4v) is 4.04. The third-order valence-corrected chi connectivity index (χ3v) is 5.99. The van der Waals surface area contributed by atoms with Crippen molar-refractivity contribution < 1.29 is 14.3 Å². The maximum absolute atomic E-state index is 12.7. The lowest BCUT2D eigenvalue weighted by Gasteiger charge is -2.18. The van der Waals surface area contributed by atoms with Crippen LogP contribution < -0.4 is 21.1 Å². The predicted octanol–water partition coefficient (Wildman–Crippen LogP) is 3.94. The largest absolute Gasteiger partial charge is 0.497 e. The van der Waals surface area contributed by atoms with Crippen LogP contribution in [0.5, 0.6) is 5.75 Å². The van der Waals surface area contributed by atoms with E-state index in [0.717, 1.165) is 16.9 Å². The van der Waals surface area contributed by atoms with E-state index in [1.54, 1.807) is 48.8 Å². The van der Waals surface area contributed by atoms with Crippen molar-refractivity contribution in [3.63, 3.8) is 0 Å². The SMILES string of the molecule is COc1ccc(NC(=O)/C=C/[C@H](CCc2ccccc2)NC(=O)[C@@H](N)Cc2cccs2)cc1. The van der Waals surface area contributed by atoms with Crippen molar-refractivity contribution in [2.45, 2.75) is 31.3 Å². The highest BCUT2D eigenvalue weighted by molar-refractivity contribution is 7.09. The minimum atomic E-state index is -0.649. The van der Waals surface area contributed by atoms with Crippen molar-refractivity contribution in [2.24, 2.45) is 5.73 Å². The summed E-state index contributed by atoms with van der Waals surface area (Å²) in [5.41, 5.74) is 7.95. The van der Waals surface area contributed by atoms with Gasteiger partial charge in [0.1, 0.15) is 5.75 Å². The van der Waals surface area contributed by atoms with Gasteiger partial charge >= 0.3 is 0 Å². The number of carbonyl (C=O) groups excluding carboxylic acids is 2. The minimum Gasteiger partial charge on any atom is -0.497 e. The summed E-state index contributed by atoms with van der Waals surface area (Å²) in [6.45, 7) is 0. The normalized spacial score (nSPS) is 12.8. The van der Waals surface area contributed by atoms with Crippen LogP contribution in [0.25, 0.3) is 0 Å². The van der Waals surface area contributed by atoms with Gasteiger partial charge in [0.15, 0.2) is 0 Å². The molecule has 0 aliphatic carbocycles. The summed E-state index contributed by atoms with van der Waals surface area (Å²) >= 11 is 1.58. The molecule has 0 fully saturated rings. The fraction of sp³-hybridized carbons (Fsp3) is 0.231. The van der Waals surface area contributed by atoms with Gasteiger partial charge in [-0.05, 0) is 54.1 Å². The van der Waals surface area contributed by atoms with Crippen molar-refractivity contribution in [3.05, 3.63) is 94.7 Å². The maximum Gasteiger partial charge on any atom is 0.248 e. The molecule has 172 valence electrons. The zero-order valence-corrected chi connectivity index (χ0v) is 19.4. The number of aryl methyl sites for hydroxylation is 1. The third-order valence-electron chi connectivity index (χ3n) is 5.09. The zero-order valence-electron chi connectivity index (χ0n) is 18.6. The number of thiophene rings is 1. The van der Waals surface area contributed by atoms with Gasteiger partial charge < -0.3 is 21.1 Å². The summed E-state index contributed by atoms with van der Waals surface area (Å²) in [6, 6.07) is 20.0. The number of methoxy groups -OCH3 is 1. The summed E-state index contributed by atoms with van der Waals surface area (Å²) in [4.78, 5) is 26.2. The number of rotatable bonds is 11. The molecular weight excluding hydrogens is 434 g/mol. The number of anilines is 1. The Balaban J connectivity index is 1.61. The van der Waals surface area contributed by atoms with E-state index < -0.39 is 6.04 Å². The zero-order chi connectivity index (χ0) is 23.5. The van der Waals surface area contributed by atoms with Crippen molar-refractivity contribution in [1.82, 2.24) is 5.32 Å². The van der Waals surface area contributed by atoms with Crippen LogP contribution in [0.1, 0.15) is 16.9 Å². The van der Waals surface area contributed by atoms with Crippen LogP contribution >= 0.6 is 11.3 Å². The lowest BCUT2D eigenvalue weighted by molar-refractivity contribution is -0.122. The molecule has 3 rings (SSSR count). The standard InChI is InChI=1S/C26H29N3O3S/c1-32-22-14-11-20(12-15-22)28-25(30)16-13-21(10-9-19-6-3-2-4-7-19)29-26(31)24(27)18-23-8-5-17-33-23/h2-8,11-17,21,24H,9-10,18,27H2,1H3,(H,28,30)(H,29,31)/b16-13+/t21-,24-/m0/s1. The predicted molar refractivity (Wildman–Crippen MR) is 133 cm³/mol. The number of nitrogens with two attached hydrogens (primary N) is 1. The number of amides is 2. The molecule has 7 heteroatoms. The highest BCUT2D eigenvalue weighted by Crippen LogP contribution is 2.15. The fourth-order valence-electron chi connectivity index (χ4n) is 3.27. The van der Waals surface area contributed by atoms with Crippen molar-refractivity contribution in [3.8, 4) is 5.75 Å². The molecule has 4 N–H and O–H groups in total. The Morgan fingerprint density at radius 3 is 2.48 bits per heavy atom. The van der Waals surface area contributed by atoms with Gasteiger partial charge in [-0.1, -0.05) is 42.5 Å². The summed E-state index contributed by atoms with van der Waals surface area (Å²) in [5.74, 6) is 0.204. The van der Waals surface area contributed by atoms with Crippen molar-refractivity contribution >= 4 is 28.8 Å². The van der Waals surface area contributed by atoms with Gasteiger partial charge in [-0.25, -0.2) is 0 Å². The molecule has 33 heavy (non-hydrogen) atoms. The quantitative estimate of drug-likeness (QED) is 0.376. The lowest BCUT2D eigenvalue weighted by Crippen LogP contribution is -2.46. The molecule has 2 amide bonds. The smallest absolute Gasteiger partial charge is 0.248 e. The van der Waals surface area contributed by atoms with E-state index in [2.05, 4.69) is 10.6 Å². The van der Waals surface area contributed by atoms with Crippen LogP contribution in [0, 0.1) is 0 Å². The number of nitrogens with one attached hydrogen (secondary N) is 2. The maximum atomic E-state index is 12.7. The van der Waals surface area contributed by atoms with Crippen LogP contribution in [0.4, 0.5) is 5.69 Å². The van der Waals surface area contributed by atoms with Gasteiger partial charge in [0.05, 0.1) is 13.2 Å². The summed E-state index contributed by atoms with van der Waals surface area (Å²) in [5, 5.41) is 7.77. The van der Waals surface area contributed by atoms with Gasteiger partial charge in [-0.2, -0.15) is 0 Å². The van der Waals surface area contributed by atoms with Gasteiger partial charge in [0.25, 0.3) is 0 Å².